The highest BCUT2D eigenvalue weighted by Crippen LogP contribution is 2.23. The second kappa shape index (κ2) is 5.00. The van der Waals surface area contributed by atoms with Crippen LogP contribution in [0.1, 0.15) is 4.88 Å². The Labute approximate surface area is 117 Å². The summed E-state index contributed by atoms with van der Waals surface area (Å²) in [4.78, 5) is 16.8. The van der Waals surface area contributed by atoms with E-state index < -0.39 is 0 Å². The van der Waals surface area contributed by atoms with Crippen LogP contribution in [0.3, 0.4) is 0 Å². The molecule has 2 heterocycles. The molecule has 0 saturated carbocycles. The van der Waals surface area contributed by atoms with Crippen LogP contribution < -0.4 is 5.56 Å². The van der Waals surface area contributed by atoms with Crippen molar-refractivity contribution < 1.29 is 0 Å². The van der Waals surface area contributed by atoms with Crippen molar-refractivity contribution >= 4 is 54.8 Å². The van der Waals surface area contributed by atoms with Gasteiger partial charge >= 0.3 is 0 Å². The number of aromatic nitrogens is 2. The van der Waals surface area contributed by atoms with Gasteiger partial charge in [-0.1, -0.05) is 11.6 Å². The third kappa shape index (κ3) is 2.40. The fourth-order valence-corrected chi connectivity index (χ4v) is 3.08. The van der Waals surface area contributed by atoms with Gasteiger partial charge in [0.05, 0.1) is 12.9 Å². The molecule has 7 heteroatoms. The van der Waals surface area contributed by atoms with E-state index in [1.54, 1.807) is 11.3 Å². The Bertz CT molecular complexity index is 581. The maximum atomic E-state index is 11.8. The van der Waals surface area contributed by atoms with Gasteiger partial charge in [-0.05, 0) is 43.3 Å². The van der Waals surface area contributed by atoms with Crippen molar-refractivity contribution in [2.75, 3.05) is 0 Å². The smallest absolute Gasteiger partial charge is 0.269 e. The molecule has 0 fully saturated rings. The molecule has 0 aliphatic heterocycles. The molecule has 0 atom stereocenters. The first kappa shape index (κ1) is 12.3. The van der Waals surface area contributed by atoms with Crippen molar-refractivity contribution in [2.24, 2.45) is 0 Å². The highest BCUT2D eigenvalue weighted by molar-refractivity contribution is 9.10. The van der Waals surface area contributed by atoms with Crippen LogP contribution in [0, 0.1) is 0 Å². The van der Waals surface area contributed by atoms with Crippen molar-refractivity contribution in [3.05, 3.63) is 47.1 Å². The van der Waals surface area contributed by atoms with Crippen LogP contribution in [0.5, 0.6) is 0 Å². The van der Waals surface area contributed by atoms with Gasteiger partial charge in [0.25, 0.3) is 5.56 Å². The highest BCUT2D eigenvalue weighted by atomic mass is 79.9. The summed E-state index contributed by atoms with van der Waals surface area (Å²) in [5.41, 5.74) is -0.180. The molecule has 0 N–H and O–H groups in total. The molecule has 0 amide bonds. The van der Waals surface area contributed by atoms with Gasteiger partial charge < -0.3 is 0 Å². The zero-order chi connectivity index (χ0) is 11.7. The van der Waals surface area contributed by atoms with E-state index in [1.807, 2.05) is 11.4 Å². The lowest BCUT2D eigenvalue weighted by molar-refractivity contribution is 0.738. The Morgan fingerprint density at radius 1 is 1.50 bits per heavy atom. The Morgan fingerprint density at radius 3 is 2.88 bits per heavy atom. The molecule has 0 aliphatic carbocycles. The minimum Gasteiger partial charge on any atom is -0.293 e. The standard InChI is InChI=1S/C9H5Br2ClN2OS/c10-5-1-2-16-6(5)3-14-4-13-8(12)7(11)9(14)15/h1-2,4H,3H2. The average Bonchev–Trinajstić information content (AvgIpc) is 2.65. The van der Waals surface area contributed by atoms with Crippen LogP contribution in [0.2, 0.25) is 5.15 Å². The summed E-state index contributed by atoms with van der Waals surface area (Å²) in [6.45, 7) is 0.486. The fourth-order valence-electron chi connectivity index (χ4n) is 1.15. The average molecular weight is 384 g/mol. The topological polar surface area (TPSA) is 34.9 Å². The lowest BCUT2D eigenvalue weighted by Gasteiger charge is -2.04. The molecule has 84 valence electrons. The van der Waals surface area contributed by atoms with Gasteiger partial charge in [0.1, 0.15) is 4.47 Å². The maximum absolute atomic E-state index is 11.8. The summed E-state index contributed by atoms with van der Waals surface area (Å²) >= 11 is 13.8. The zero-order valence-corrected chi connectivity index (χ0v) is 12.5. The van der Waals surface area contributed by atoms with Crippen molar-refractivity contribution in [3.63, 3.8) is 0 Å². The summed E-state index contributed by atoms with van der Waals surface area (Å²) in [7, 11) is 0. The molecule has 3 nitrogen and oxygen atoms in total. The van der Waals surface area contributed by atoms with Crippen LogP contribution in [-0.2, 0) is 6.54 Å². The fraction of sp³-hybridized carbons (Fsp3) is 0.111. The first-order valence-corrected chi connectivity index (χ1v) is 7.06. The molecule has 0 bridgehead atoms. The lowest BCUT2D eigenvalue weighted by atomic mass is 10.4. The van der Waals surface area contributed by atoms with E-state index in [9.17, 15) is 4.79 Å². The minimum atomic E-state index is -0.180. The van der Waals surface area contributed by atoms with E-state index in [-0.39, 0.29) is 10.7 Å². The second-order valence-electron chi connectivity index (χ2n) is 2.97. The van der Waals surface area contributed by atoms with E-state index in [4.69, 9.17) is 11.6 Å². The molecular weight excluding hydrogens is 379 g/mol. The molecule has 0 aromatic carbocycles. The highest BCUT2D eigenvalue weighted by Gasteiger charge is 2.09. The Balaban J connectivity index is 2.40. The largest absolute Gasteiger partial charge is 0.293 e. The molecule has 0 spiro atoms. The monoisotopic (exact) mass is 382 g/mol. The number of thiophene rings is 1. The van der Waals surface area contributed by atoms with Crippen LogP contribution >= 0.6 is 54.8 Å². The Hall–Kier alpha value is -0.170. The number of halogens is 3. The van der Waals surface area contributed by atoms with Crippen molar-refractivity contribution in [1.82, 2.24) is 9.55 Å². The summed E-state index contributed by atoms with van der Waals surface area (Å²) in [6.07, 6.45) is 1.45. The van der Waals surface area contributed by atoms with Crippen LogP contribution in [0.25, 0.3) is 0 Å². The Kier molecular flexibility index (Phi) is 3.84. The van der Waals surface area contributed by atoms with Crippen molar-refractivity contribution in [2.45, 2.75) is 6.54 Å². The Morgan fingerprint density at radius 2 is 2.25 bits per heavy atom. The van der Waals surface area contributed by atoms with Crippen LogP contribution in [-0.4, -0.2) is 9.55 Å². The summed E-state index contributed by atoms with van der Waals surface area (Å²) < 4.78 is 2.80. The van der Waals surface area contributed by atoms with Crippen LogP contribution in [0.4, 0.5) is 0 Å². The van der Waals surface area contributed by atoms with Gasteiger partial charge in [0.2, 0.25) is 0 Å². The summed E-state index contributed by atoms with van der Waals surface area (Å²) in [5, 5.41) is 2.15. The molecule has 2 aromatic rings. The summed E-state index contributed by atoms with van der Waals surface area (Å²) in [6, 6.07) is 1.95. The first-order valence-electron chi connectivity index (χ1n) is 4.22. The molecule has 0 unspecified atom stereocenters. The predicted octanol–water partition coefficient (Wildman–Crippen LogP) is 3.53. The number of hydrogen-bond donors (Lipinski definition) is 0. The normalized spacial score (nSPS) is 10.7. The maximum Gasteiger partial charge on any atom is 0.269 e. The van der Waals surface area contributed by atoms with E-state index >= 15 is 0 Å². The third-order valence-corrected chi connectivity index (χ3v) is 5.09. The van der Waals surface area contributed by atoms with Gasteiger partial charge in [0.15, 0.2) is 5.15 Å². The lowest BCUT2D eigenvalue weighted by Crippen LogP contribution is -2.21. The van der Waals surface area contributed by atoms with Gasteiger partial charge in [-0.25, -0.2) is 4.98 Å². The van der Waals surface area contributed by atoms with Crippen molar-refractivity contribution in [1.29, 1.82) is 0 Å². The third-order valence-electron chi connectivity index (χ3n) is 1.95. The van der Waals surface area contributed by atoms with Gasteiger partial charge in [-0.3, -0.25) is 9.36 Å². The number of rotatable bonds is 2. The second-order valence-corrected chi connectivity index (χ2v) is 5.98. The molecular formula is C9H5Br2ClN2OS. The van der Waals surface area contributed by atoms with E-state index in [2.05, 4.69) is 36.8 Å². The van der Waals surface area contributed by atoms with Gasteiger partial charge in [0, 0.05) is 9.35 Å². The number of hydrogen-bond acceptors (Lipinski definition) is 3. The number of nitrogens with zero attached hydrogens (tertiary/aromatic N) is 2. The summed E-state index contributed by atoms with van der Waals surface area (Å²) in [5.74, 6) is 0. The quantitative estimate of drug-likeness (QED) is 0.743. The van der Waals surface area contributed by atoms with Crippen LogP contribution in [0.15, 0.2) is 31.5 Å². The zero-order valence-electron chi connectivity index (χ0n) is 7.78. The van der Waals surface area contributed by atoms with Gasteiger partial charge in [-0.15, -0.1) is 11.3 Å². The molecule has 16 heavy (non-hydrogen) atoms. The molecule has 0 aliphatic rings. The first-order chi connectivity index (χ1) is 7.59. The SMILES string of the molecule is O=c1c(Br)c(Cl)ncn1Cc1sccc1Br. The predicted molar refractivity (Wildman–Crippen MR) is 72.3 cm³/mol. The molecule has 2 aromatic heterocycles. The van der Waals surface area contributed by atoms with E-state index in [0.717, 1.165) is 9.35 Å². The molecule has 0 radical (unpaired) electrons. The van der Waals surface area contributed by atoms with Gasteiger partial charge in [-0.2, -0.15) is 0 Å². The minimum absolute atomic E-state index is 0.180. The van der Waals surface area contributed by atoms with Crippen molar-refractivity contribution in [3.8, 4) is 0 Å². The van der Waals surface area contributed by atoms with E-state index in [1.165, 1.54) is 10.9 Å². The molecule has 0 saturated heterocycles. The van der Waals surface area contributed by atoms with E-state index in [0.29, 0.717) is 11.0 Å². The molecule has 2 rings (SSSR count).